The summed E-state index contributed by atoms with van der Waals surface area (Å²) in [6, 6.07) is 13.8. The molecule has 2 aromatic rings. The Bertz CT molecular complexity index is 728. The Hall–Kier alpha value is -1.86. The number of hydrogen-bond donors (Lipinski definition) is 1. The molecule has 0 aliphatic rings. The first kappa shape index (κ1) is 16.5. The van der Waals surface area contributed by atoms with Crippen LogP contribution in [0.2, 0.25) is 0 Å². The van der Waals surface area contributed by atoms with Gasteiger partial charge in [-0.1, -0.05) is 36.4 Å². The van der Waals surface area contributed by atoms with E-state index in [-0.39, 0.29) is 6.54 Å². The number of rotatable bonds is 5. The molecular formula is C15H13F3NO2S. The molecule has 3 nitrogen and oxygen atoms in total. The van der Waals surface area contributed by atoms with Crippen LogP contribution in [0.1, 0.15) is 11.1 Å². The van der Waals surface area contributed by atoms with Gasteiger partial charge in [-0.15, -0.1) is 0 Å². The van der Waals surface area contributed by atoms with E-state index in [1.807, 2.05) is 0 Å². The van der Waals surface area contributed by atoms with E-state index in [9.17, 15) is 21.6 Å². The zero-order valence-corrected chi connectivity index (χ0v) is 12.2. The van der Waals surface area contributed by atoms with Gasteiger partial charge in [0.2, 0.25) is 10.0 Å². The highest BCUT2D eigenvalue weighted by atomic mass is 32.2. The third kappa shape index (κ3) is 4.08. The minimum Gasteiger partial charge on any atom is -0.211 e. The second-order valence-electron chi connectivity index (χ2n) is 4.55. The minimum absolute atomic E-state index is 0.0124. The summed E-state index contributed by atoms with van der Waals surface area (Å²) in [5.41, 5.74) is -0.303. The van der Waals surface area contributed by atoms with Crippen molar-refractivity contribution in [3.8, 4) is 0 Å². The van der Waals surface area contributed by atoms with E-state index in [1.165, 1.54) is 6.07 Å². The zero-order chi connectivity index (χ0) is 16.2. The lowest BCUT2D eigenvalue weighted by atomic mass is 10.2. The van der Waals surface area contributed by atoms with Crippen molar-refractivity contribution in [3.05, 3.63) is 65.7 Å². The monoisotopic (exact) mass is 328 g/mol. The SMILES string of the molecule is O=S(=O)(NCCc1cc[c]cc1)c1ccccc1C(F)(F)F. The molecule has 0 amide bonds. The van der Waals surface area contributed by atoms with E-state index in [4.69, 9.17) is 0 Å². The molecule has 2 rings (SSSR count). The van der Waals surface area contributed by atoms with Crippen LogP contribution in [0.4, 0.5) is 13.2 Å². The first-order chi connectivity index (χ1) is 10.3. The molecule has 0 heterocycles. The van der Waals surface area contributed by atoms with E-state index in [0.717, 1.165) is 23.8 Å². The van der Waals surface area contributed by atoms with Gasteiger partial charge in [0.25, 0.3) is 0 Å². The van der Waals surface area contributed by atoms with Gasteiger partial charge in [0, 0.05) is 6.54 Å². The summed E-state index contributed by atoms with van der Waals surface area (Å²) in [7, 11) is -4.22. The molecule has 0 spiro atoms. The van der Waals surface area contributed by atoms with Gasteiger partial charge >= 0.3 is 6.18 Å². The van der Waals surface area contributed by atoms with Gasteiger partial charge in [-0.2, -0.15) is 13.2 Å². The summed E-state index contributed by atoms with van der Waals surface area (Å²) in [6.07, 6.45) is -4.34. The van der Waals surface area contributed by atoms with Crippen LogP contribution in [0, 0.1) is 6.07 Å². The summed E-state index contributed by atoms with van der Waals surface area (Å²) in [6.45, 7) is 0.0124. The molecule has 0 aliphatic heterocycles. The Morgan fingerprint density at radius 1 is 1.05 bits per heavy atom. The molecule has 0 saturated carbocycles. The molecule has 0 aromatic heterocycles. The normalized spacial score (nSPS) is 12.3. The van der Waals surface area contributed by atoms with Crippen LogP contribution in [0.3, 0.4) is 0 Å². The van der Waals surface area contributed by atoms with Gasteiger partial charge < -0.3 is 0 Å². The molecule has 0 fully saturated rings. The van der Waals surface area contributed by atoms with Gasteiger partial charge in [-0.05, 0) is 30.2 Å². The van der Waals surface area contributed by atoms with E-state index in [1.54, 1.807) is 24.3 Å². The molecule has 0 atom stereocenters. The molecule has 0 bridgehead atoms. The predicted octanol–water partition coefficient (Wildman–Crippen LogP) is 3.03. The maximum absolute atomic E-state index is 12.9. The quantitative estimate of drug-likeness (QED) is 0.917. The summed E-state index contributed by atoms with van der Waals surface area (Å²) in [5.74, 6) is 0. The Kier molecular flexibility index (Phi) is 4.87. The van der Waals surface area contributed by atoms with Gasteiger partial charge in [0.15, 0.2) is 0 Å². The van der Waals surface area contributed by atoms with Crippen LogP contribution < -0.4 is 4.72 Å². The summed E-state index contributed by atoms with van der Waals surface area (Å²) in [4.78, 5) is -0.760. The zero-order valence-electron chi connectivity index (χ0n) is 11.4. The highest BCUT2D eigenvalue weighted by Gasteiger charge is 2.36. The molecule has 7 heteroatoms. The molecule has 2 aromatic carbocycles. The topological polar surface area (TPSA) is 46.2 Å². The number of sulfonamides is 1. The van der Waals surface area contributed by atoms with Crippen LogP contribution in [0.5, 0.6) is 0 Å². The number of benzene rings is 2. The van der Waals surface area contributed by atoms with Gasteiger partial charge in [-0.25, -0.2) is 13.1 Å². The van der Waals surface area contributed by atoms with Gasteiger partial charge in [-0.3, -0.25) is 0 Å². The van der Waals surface area contributed by atoms with E-state index in [2.05, 4.69) is 10.8 Å². The first-order valence-electron chi connectivity index (χ1n) is 6.41. The summed E-state index contributed by atoms with van der Waals surface area (Å²) in [5, 5.41) is 0. The molecular weight excluding hydrogens is 315 g/mol. The maximum Gasteiger partial charge on any atom is 0.417 e. The second kappa shape index (κ2) is 6.50. The second-order valence-corrected chi connectivity index (χ2v) is 6.29. The van der Waals surface area contributed by atoms with Crippen LogP contribution >= 0.6 is 0 Å². The number of hydrogen-bond acceptors (Lipinski definition) is 2. The fourth-order valence-electron chi connectivity index (χ4n) is 1.93. The molecule has 0 saturated heterocycles. The standard InChI is InChI=1S/C15H13F3NO2S/c16-15(17,18)13-8-4-5-9-14(13)22(20,21)19-11-10-12-6-2-1-3-7-12/h2-9,19H,10-11H2. The number of halogens is 3. The van der Waals surface area contributed by atoms with Crippen LogP contribution in [-0.4, -0.2) is 15.0 Å². The van der Waals surface area contributed by atoms with Gasteiger partial charge in [0.1, 0.15) is 0 Å². The van der Waals surface area contributed by atoms with E-state index < -0.39 is 26.7 Å². The Morgan fingerprint density at radius 3 is 2.32 bits per heavy atom. The van der Waals surface area contributed by atoms with Crippen LogP contribution in [-0.2, 0) is 22.6 Å². The smallest absolute Gasteiger partial charge is 0.211 e. The van der Waals surface area contributed by atoms with Crippen LogP contribution in [0.15, 0.2) is 53.4 Å². The van der Waals surface area contributed by atoms with Crippen molar-refractivity contribution in [2.24, 2.45) is 0 Å². The van der Waals surface area contributed by atoms with E-state index in [0.29, 0.717) is 6.42 Å². The third-order valence-corrected chi connectivity index (χ3v) is 4.49. The number of alkyl halides is 3. The average Bonchev–Trinajstić information content (AvgIpc) is 2.47. The van der Waals surface area contributed by atoms with Crippen molar-refractivity contribution in [2.75, 3.05) is 6.54 Å². The first-order valence-corrected chi connectivity index (χ1v) is 7.90. The Labute approximate surface area is 126 Å². The van der Waals surface area contributed by atoms with Crippen molar-refractivity contribution >= 4 is 10.0 Å². The third-order valence-electron chi connectivity index (χ3n) is 2.98. The fourth-order valence-corrected chi connectivity index (χ4v) is 3.19. The average molecular weight is 328 g/mol. The molecule has 0 unspecified atom stereocenters. The highest BCUT2D eigenvalue weighted by Crippen LogP contribution is 2.33. The fraction of sp³-hybridized carbons (Fsp3) is 0.200. The molecule has 1 N–H and O–H groups in total. The molecule has 0 aliphatic carbocycles. The highest BCUT2D eigenvalue weighted by molar-refractivity contribution is 7.89. The lowest BCUT2D eigenvalue weighted by Gasteiger charge is -2.13. The predicted molar refractivity (Wildman–Crippen MR) is 75.6 cm³/mol. The van der Waals surface area contributed by atoms with Crippen LogP contribution in [0.25, 0.3) is 0 Å². The Balaban J connectivity index is 2.14. The van der Waals surface area contributed by atoms with Crippen molar-refractivity contribution in [2.45, 2.75) is 17.5 Å². The number of nitrogens with one attached hydrogen (secondary N) is 1. The molecule has 1 radical (unpaired) electrons. The van der Waals surface area contributed by atoms with Gasteiger partial charge in [0.05, 0.1) is 10.5 Å². The van der Waals surface area contributed by atoms with Crippen molar-refractivity contribution in [1.29, 1.82) is 0 Å². The lowest BCUT2D eigenvalue weighted by Crippen LogP contribution is -2.28. The lowest BCUT2D eigenvalue weighted by molar-refractivity contribution is -0.139. The molecule has 117 valence electrons. The van der Waals surface area contributed by atoms with Crippen molar-refractivity contribution in [1.82, 2.24) is 4.72 Å². The molecule has 22 heavy (non-hydrogen) atoms. The Morgan fingerprint density at radius 2 is 1.68 bits per heavy atom. The summed E-state index contributed by atoms with van der Waals surface area (Å²) >= 11 is 0. The minimum atomic E-state index is -4.72. The maximum atomic E-state index is 12.9. The van der Waals surface area contributed by atoms with Crippen molar-refractivity contribution in [3.63, 3.8) is 0 Å². The van der Waals surface area contributed by atoms with Crippen molar-refractivity contribution < 1.29 is 21.6 Å². The largest absolute Gasteiger partial charge is 0.417 e. The van der Waals surface area contributed by atoms with E-state index >= 15 is 0 Å². The summed E-state index contributed by atoms with van der Waals surface area (Å²) < 4.78 is 65.0.